The molecule has 0 aliphatic heterocycles. The zero-order valence-electron chi connectivity index (χ0n) is 8.47. The molecule has 0 saturated carbocycles. The standard InChI is InChI=1S/C11H17NO/c1-10(13)12(2)11-8-6-4-3-5-7-9-11/h11H,3-6,8H2,1-2H3. The molecule has 0 aromatic heterocycles. The maximum absolute atomic E-state index is 11.1. The molecule has 1 aliphatic rings. The quantitative estimate of drug-likeness (QED) is 0.562. The second-order valence-electron chi connectivity index (χ2n) is 3.57. The molecule has 0 saturated heterocycles. The van der Waals surface area contributed by atoms with Gasteiger partial charge in [0.25, 0.3) is 0 Å². The van der Waals surface area contributed by atoms with Crippen molar-refractivity contribution < 1.29 is 4.79 Å². The van der Waals surface area contributed by atoms with Crippen molar-refractivity contribution in [2.75, 3.05) is 7.05 Å². The van der Waals surface area contributed by atoms with E-state index in [0.29, 0.717) is 0 Å². The van der Waals surface area contributed by atoms with E-state index < -0.39 is 0 Å². The number of amides is 1. The average molecular weight is 179 g/mol. The smallest absolute Gasteiger partial charge is 0.220 e. The third-order valence-corrected chi connectivity index (χ3v) is 2.51. The summed E-state index contributed by atoms with van der Waals surface area (Å²) in [5, 5.41) is 0. The zero-order valence-corrected chi connectivity index (χ0v) is 8.47. The minimum atomic E-state index is 0.111. The van der Waals surface area contributed by atoms with Gasteiger partial charge in [-0.15, -0.1) is 5.92 Å². The Morgan fingerprint density at radius 3 is 2.85 bits per heavy atom. The van der Waals surface area contributed by atoms with Gasteiger partial charge in [0.1, 0.15) is 0 Å². The molecule has 2 heteroatoms. The highest BCUT2D eigenvalue weighted by molar-refractivity contribution is 5.73. The number of carbonyl (C=O) groups excluding carboxylic acids is 1. The SMILES string of the molecule is CC(=O)N(C)C1C#CCCCCC1. The van der Waals surface area contributed by atoms with E-state index in [2.05, 4.69) is 11.8 Å². The lowest BCUT2D eigenvalue weighted by Gasteiger charge is -2.23. The molecule has 2 nitrogen and oxygen atoms in total. The molecule has 13 heavy (non-hydrogen) atoms. The van der Waals surface area contributed by atoms with E-state index in [0.717, 1.165) is 12.8 Å². The first-order valence-corrected chi connectivity index (χ1v) is 4.93. The summed E-state index contributed by atoms with van der Waals surface area (Å²) in [6, 6.07) is 0.151. The van der Waals surface area contributed by atoms with Gasteiger partial charge in [-0.05, 0) is 12.8 Å². The predicted molar refractivity (Wildman–Crippen MR) is 53.1 cm³/mol. The van der Waals surface area contributed by atoms with Crippen molar-refractivity contribution >= 4 is 5.91 Å². The molecule has 0 spiro atoms. The largest absolute Gasteiger partial charge is 0.332 e. The van der Waals surface area contributed by atoms with Crippen molar-refractivity contribution in [2.45, 2.75) is 45.1 Å². The van der Waals surface area contributed by atoms with E-state index in [-0.39, 0.29) is 11.9 Å². The Bertz CT molecular complexity index is 236. The molecule has 1 rings (SSSR count). The Balaban J connectivity index is 2.59. The summed E-state index contributed by atoms with van der Waals surface area (Å²) in [4.78, 5) is 12.8. The summed E-state index contributed by atoms with van der Waals surface area (Å²) in [6.45, 7) is 1.60. The summed E-state index contributed by atoms with van der Waals surface area (Å²) < 4.78 is 0. The van der Waals surface area contributed by atoms with Crippen LogP contribution in [0.25, 0.3) is 0 Å². The molecule has 0 radical (unpaired) electrons. The summed E-state index contributed by atoms with van der Waals surface area (Å²) in [6.07, 6.45) is 5.67. The molecule has 0 aromatic carbocycles. The summed E-state index contributed by atoms with van der Waals surface area (Å²) in [5.74, 6) is 6.40. The molecule has 72 valence electrons. The molecule has 1 unspecified atom stereocenters. The second-order valence-corrected chi connectivity index (χ2v) is 3.57. The maximum Gasteiger partial charge on any atom is 0.220 e. The van der Waals surface area contributed by atoms with Crippen molar-refractivity contribution in [3.63, 3.8) is 0 Å². The van der Waals surface area contributed by atoms with E-state index >= 15 is 0 Å². The van der Waals surface area contributed by atoms with Gasteiger partial charge in [0.2, 0.25) is 5.91 Å². The van der Waals surface area contributed by atoms with Crippen molar-refractivity contribution in [1.82, 2.24) is 4.90 Å². The Kier molecular flexibility index (Phi) is 3.82. The molecule has 0 N–H and O–H groups in total. The fourth-order valence-corrected chi connectivity index (χ4v) is 1.50. The van der Waals surface area contributed by atoms with Crippen LogP contribution in [-0.4, -0.2) is 23.9 Å². The van der Waals surface area contributed by atoms with E-state index in [1.165, 1.54) is 19.3 Å². The third kappa shape index (κ3) is 3.10. The van der Waals surface area contributed by atoms with Crippen LogP contribution in [0.5, 0.6) is 0 Å². The van der Waals surface area contributed by atoms with E-state index in [1.807, 2.05) is 7.05 Å². The van der Waals surface area contributed by atoms with Crippen LogP contribution in [-0.2, 0) is 4.79 Å². The molecule has 1 atom stereocenters. The average Bonchev–Trinajstić information content (AvgIpc) is 2.02. The van der Waals surface area contributed by atoms with Crippen LogP contribution in [0.15, 0.2) is 0 Å². The van der Waals surface area contributed by atoms with Gasteiger partial charge in [-0.1, -0.05) is 18.8 Å². The van der Waals surface area contributed by atoms with Crippen molar-refractivity contribution in [1.29, 1.82) is 0 Å². The van der Waals surface area contributed by atoms with Gasteiger partial charge in [0, 0.05) is 20.4 Å². The monoisotopic (exact) mass is 179 g/mol. The highest BCUT2D eigenvalue weighted by atomic mass is 16.2. The van der Waals surface area contributed by atoms with Crippen molar-refractivity contribution in [2.24, 2.45) is 0 Å². The Morgan fingerprint density at radius 2 is 2.15 bits per heavy atom. The summed E-state index contributed by atoms with van der Waals surface area (Å²) in [5.41, 5.74) is 0. The van der Waals surface area contributed by atoms with Gasteiger partial charge >= 0.3 is 0 Å². The minimum Gasteiger partial charge on any atom is -0.332 e. The highest BCUT2D eigenvalue weighted by Crippen LogP contribution is 2.12. The van der Waals surface area contributed by atoms with Gasteiger partial charge < -0.3 is 4.90 Å². The van der Waals surface area contributed by atoms with Crippen molar-refractivity contribution in [3.8, 4) is 11.8 Å². The normalized spacial score (nSPS) is 22.2. The van der Waals surface area contributed by atoms with Crippen LogP contribution >= 0.6 is 0 Å². The third-order valence-electron chi connectivity index (χ3n) is 2.51. The summed E-state index contributed by atoms with van der Waals surface area (Å²) in [7, 11) is 1.84. The van der Waals surface area contributed by atoms with Crippen LogP contribution in [0.2, 0.25) is 0 Å². The zero-order chi connectivity index (χ0) is 9.68. The molecule has 1 aliphatic carbocycles. The van der Waals surface area contributed by atoms with Gasteiger partial charge in [-0.3, -0.25) is 4.79 Å². The second kappa shape index (κ2) is 4.91. The minimum absolute atomic E-state index is 0.111. The first-order valence-electron chi connectivity index (χ1n) is 4.93. The van der Waals surface area contributed by atoms with Crippen LogP contribution < -0.4 is 0 Å². The summed E-state index contributed by atoms with van der Waals surface area (Å²) >= 11 is 0. The van der Waals surface area contributed by atoms with E-state index in [9.17, 15) is 4.79 Å². The highest BCUT2D eigenvalue weighted by Gasteiger charge is 2.14. The first-order chi connectivity index (χ1) is 6.22. The number of carbonyl (C=O) groups is 1. The number of hydrogen-bond acceptors (Lipinski definition) is 1. The predicted octanol–water partition coefficient (Wildman–Crippen LogP) is 1.80. The molecule has 1 amide bonds. The number of rotatable bonds is 1. The van der Waals surface area contributed by atoms with Crippen LogP contribution in [0.4, 0.5) is 0 Å². The van der Waals surface area contributed by atoms with Gasteiger partial charge in [-0.2, -0.15) is 0 Å². The molecule has 0 fully saturated rings. The number of nitrogens with zero attached hydrogens (tertiary/aromatic N) is 1. The van der Waals surface area contributed by atoms with Gasteiger partial charge in [0.05, 0.1) is 6.04 Å². The van der Waals surface area contributed by atoms with Crippen molar-refractivity contribution in [3.05, 3.63) is 0 Å². The molecule has 0 heterocycles. The fraction of sp³-hybridized carbons (Fsp3) is 0.727. The topological polar surface area (TPSA) is 20.3 Å². The Morgan fingerprint density at radius 1 is 1.38 bits per heavy atom. The van der Waals surface area contributed by atoms with Crippen LogP contribution in [0.1, 0.15) is 39.0 Å². The fourth-order valence-electron chi connectivity index (χ4n) is 1.50. The Hall–Kier alpha value is -0.970. The molecule has 0 aromatic rings. The lowest BCUT2D eigenvalue weighted by atomic mass is 10.0. The molecule has 0 bridgehead atoms. The van der Waals surface area contributed by atoms with Gasteiger partial charge in [-0.25, -0.2) is 0 Å². The molecular formula is C11H17NO. The lowest BCUT2D eigenvalue weighted by molar-refractivity contribution is -0.128. The maximum atomic E-state index is 11.1. The lowest BCUT2D eigenvalue weighted by Crippen LogP contribution is -2.34. The van der Waals surface area contributed by atoms with Crippen LogP contribution in [0.3, 0.4) is 0 Å². The van der Waals surface area contributed by atoms with Crippen LogP contribution in [0, 0.1) is 11.8 Å². The first kappa shape index (κ1) is 10.1. The number of hydrogen-bond donors (Lipinski definition) is 0. The Labute approximate surface area is 80.3 Å². The van der Waals surface area contributed by atoms with E-state index in [1.54, 1.807) is 11.8 Å². The van der Waals surface area contributed by atoms with E-state index in [4.69, 9.17) is 0 Å². The molecular weight excluding hydrogens is 162 g/mol. The van der Waals surface area contributed by atoms with Gasteiger partial charge in [0.15, 0.2) is 0 Å².